The molecule has 2 N–H and O–H groups in total. The number of hydrogen-bond acceptors (Lipinski definition) is 3. The SMILES string of the molecule is CCCN(CC(=O)N(C)C)Cc1cc(F)cc(CN)c1. The predicted octanol–water partition coefficient (Wildman–Crippen LogP) is 1.58. The monoisotopic (exact) mass is 281 g/mol. The molecule has 112 valence electrons. The first-order valence-electron chi connectivity index (χ1n) is 6.87. The molecule has 1 aromatic rings. The third-order valence-electron chi connectivity index (χ3n) is 3.06. The molecular weight excluding hydrogens is 257 g/mol. The number of carbonyl (C=O) groups is 1. The van der Waals surface area contributed by atoms with Crippen molar-refractivity contribution >= 4 is 5.91 Å². The Morgan fingerprint density at radius 3 is 2.45 bits per heavy atom. The van der Waals surface area contributed by atoms with Crippen LogP contribution in [0, 0.1) is 5.82 Å². The van der Waals surface area contributed by atoms with Crippen LogP contribution in [0.15, 0.2) is 18.2 Å². The molecule has 0 aliphatic heterocycles. The standard InChI is InChI=1S/C15H24FN3O/c1-4-5-19(11-15(20)18(2)3)10-13-6-12(9-17)7-14(16)8-13/h6-8H,4-5,9-11,17H2,1-3H3. The molecule has 0 saturated heterocycles. The number of rotatable bonds is 7. The van der Waals surface area contributed by atoms with Crippen molar-refractivity contribution < 1.29 is 9.18 Å². The van der Waals surface area contributed by atoms with Gasteiger partial charge in [-0.1, -0.05) is 13.0 Å². The number of amides is 1. The zero-order valence-corrected chi connectivity index (χ0v) is 12.5. The summed E-state index contributed by atoms with van der Waals surface area (Å²) in [5.74, 6) is -0.229. The molecule has 0 aliphatic carbocycles. The van der Waals surface area contributed by atoms with Crippen molar-refractivity contribution in [3.63, 3.8) is 0 Å². The second-order valence-electron chi connectivity index (χ2n) is 5.17. The fourth-order valence-corrected chi connectivity index (χ4v) is 2.05. The lowest BCUT2D eigenvalue weighted by molar-refractivity contribution is -0.130. The molecule has 0 heterocycles. The number of nitrogens with two attached hydrogens (primary N) is 1. The van der Waals surface area contributed by atoms with E-state index in [1.165, 1.54) is 12.1 Å². The van der Waals surface area contributed by atoms with Crippen LogP contribution in [0.1, 0.15) is 24.5 Å². The molecule has 20 heavy (non-hydrogen) atoms. The lowest BCUT2D eigenvalue weighted by atomic mass is 10.1. The maximum atomic E-state index is 13.5. The summed E-state index contributed by atoms with van der Waals surface area (Å²) in [6, 6.07) is 4.84. The van der Waals surface area contributed by atoms with Crippen molar-refractivity contribution in [1.29, 1.82) is 0 Å². The summed E-state index contributed by atoms with van der Waals surface area (Å²) >= 11 is 0. The minimum Gasteiger partial charge on any atom is -0.348 e. The van der Waals surface area contributed by atoms with E-state index < -0.39 is 0 Å². The molecule has 0 bridgehead atoms. The topological polar surface area (TPSA) is 49.6 Å². The van der Waals surface area contributed by atoms with Crippen LogP contribution in [0.3, 0.4) is 0 Å². The predicted molar refractivity (Wildman–Crippen MR) is 78.6 cm³/mol. The Labute approximate surface area is 120 Å². The largest absolute Gasteiger partial charge is 0.348 e. The number of likely N-dealkylation sites (N-methyl/N-ethyl adjacent to an activating group) is 1. The molecule has 0 aromatic heterocycles. The van der Waals surface area contributed by atoms with E-state index in [0.717, 1.165) is 24.1 Å². The van der Waals surface area contributed by atoms with Crippen LogP contribution < -0.4 is 5.73 Å². The molecular formula is C15H24FN3O. The first kappa shape index (κ1) is 16.6. The van der Waals surface area contributed by atoms with Crippen LogP contribution in [0.4, 0.5) is 4.39 Å². The van der Waals surface area contributed by atoms with Crippen molar-refractivity contribution in [3.05, 3.63) is 35.1 Å². The Bertz CT molecular complexity index is 449. The maximum absolute atomic E-state index is 13.5. The summed E-state index contributed by atoms with van der Waals surface area (Å²) in [4.78, 5) is 15.4. The van der Waals surface area contributed by atoms with E-state index in [-0.39, 0.29) is 11.7 Å². The number of carbonyl (C=O) groups excluding carboxylic acids is 1. The molecule has 1 rings (SSSR count). The van der Waals surface area contributed by atoms with E-state index >= 15 is 0 Å². The van der Waals surface area contributed by atoms with Crippen LogP contribution in [-0.4, -0.2) is 42.9 Å². The van der Waals surface area contributed by atoms with Gasteiger partial charge in [0.05, 0.1) is 6.54 Å². The van der Waals surface area contributed by atoms with E-state index in [1.54, 1.807) is 19.0 Å². The molecule has 0 spiro atoms. The highest BCUT2D eigenvalue weighted by Crippen LogP contribution is 2.12. The van der Waals surface area contributed by atoms with Gasteiger partial charge in [0, 0.05) is 27.2 Å². The highest BCUT2D eigenvalue weighted by atomic mass is 19.1. The van der Waals surface area contributed by atoms with Gasteiger partial charge >= 0.3 is 0 Å². The van der Waals surface area contributed by atoms with Crippen molar-refractivity contribution in [2.75, 3.05) is 27.2 Å². The molecule has 0 atom stereocenters. The van der Waals surface area contributed by atoms with E-state index in [9.17, 15) is 9.18 Å². The molecule has 0 saturated carbocycles. The Kier molecular flexibility index (Phi) is 6.61. The van der Waals surface area contributed by atoms with Crippen LogP contribution in [-0.2, 0) is 17.9 Å². The number of hydrogen-bond donors (Lipinski definition) is 1. The van der Waals surface area contributed by atoms with Crippen molar-refractivity contribution in [2.45, 2.75) is 26.4 Å². The van der Waals surface area contributed by atoms with Gasteiger partial charge in [0.15, 0.2) is 0 Å². The number of benzene rings is 1. The van der Waals surface area contributed by atoms with Gasteiger partial charge in [0.25, 0.3) is 0 Å². The third kappa shape index (κ3) is 5.27. The average Bonchev–Trinajstić information content (AvgIpc) is 2.37. The fourth-order valence-electron chi connectivity index (χ4n) is 2.05. The Morgan fingerprint density at radius 1 is 1.25 bits per heavy atom. The molecule has 0 radical (unpaired) electrons. The van der Waals surface area contributed by atoms with Crippen molar-refractivity contribution in [3.8, 4) is 0 Å². The summed E-state index contributed by atoms with van der Waals surface area (Å²) < 4.78 is 13.5. The van der Waals surface area contributed by atoms with Gasteiger partial charge in [-0.2, -0.15) is 0 Å². The lowest BCUT2D eigenvalue weighted by Crippen LogP contribution is -2.36. The zero-order valence-electron chi connectivity index (χ0n) is 12.5. The molecule has 0 unspecified atom stereocenters. The Balaban J connectivity index is 2.79. The minimum absolute atomic E-state index is 0.0499. The summed E-state index contributed by atoms with van der Waals surface area (Å²) in [7, 11) is 3.47. The number of halogens is 1. The third-order valence-corrected chi connectivity index (χ3v) is 3.06. The highest BCUT2D eigenvalue weighted by Gasteiger charge is 2.13. The van der Waals surface area contributed by atoms with Crippen LogP contribution in [0.5, 0.6) is 0 Å². The molecule has 1 aromatic carbocycles. The average molecular weight is 281 g/mol. The molecule has 1 amide bonds. The summed E-state index contributed by atoms with van der Waals surface area (Å²) in [6.45, 7) is 4.07. The van der Waals surface area contributed by atoms with Gasteiger partial charge in [0.2, 0.25) is 5.91 Å². The second-order valence-corrected chi connectivity index (χ2v) is 5.17. The first-order chi connectivity index (χ1) is 9.46. The van der Waals surface area contributed by atoms with Gasteiger partial charge in [0.1, 0.15) is 5.82 Å². The molecule has 4 nitrogen and oxygen atoms in total. The zero-order chi connectivity index (χ0) is 15.1. The van der Waals surface area contributed by atoms with E-state index in [1.807, 2.05) is 11.0 Å². The summed E-state index contributed by atoms with van der Waals surface area (Å²) in [6.07, 6.45) is 0.944. The smallest absolute Gasteiger partial charge is 0.236 e. The first-order valence-corrected chi connectivity index (χ1v) is 6.87. The molecule has 5 heteroatoms. The van der Waals surface area contributed by atoms with Gasteiger partial charge in [-0.3, -0.25) is 9.69 Å². The Morgan fingerprint density at radius 2 is 1.90 bits per heavy atom. The highest BCUT2D eigenvalue weighted by molar-refractivity contribution is 5.77. The van der Waals surface area contributed by atoms with E-state index in [2.05, 4.69) is 6.92 Å². The molecule has 0 fully saturated rings. The van der Waals surface area contributed by atoms with Crippen LogP contribution in [0.2, 0.25) is 0 Å². The minimum atomic E-state index is -0.279. The van der Waals surface area contributed by atoms with Gasteiger partial charge < -0.3 is 10.6 Å². The van der Waals surface area contributed by atoms with Crippen LogP contribution in [0.25, 0.3) is 0 Å². The Hall–Kier alpha value is -1.46. The second kappa shape index (κ2) is 7.97. The van der Waals surface area contributed by atoms with Crippen LogP contribution >= 0.6 is 0 Å². The fraction of sp³-hybridized carbons (Fsp3) is 0.533. The van der Waals surface area contributed by atoms with Gasteiger partial charge in [-0.15, -0.1) is 0 Å². The van der Waals surface area contributed by atoms with Crippen molar-refractivity contribution in [1.82, 2.24) is 9.80 Å². The maximum Gasteiger partial charge on any atom is 0.236 e. The van der Waals surface area contributed by atoms with Crippen molar-refractivity contribution in [2.24, 2.45) is 5.73 Å². The summed E-state index contributed by atoms with van der Waals surface area (Å²) in [5.41, 5.74) is 7.18. The van der Waals surface area contributed by atoms with E-state index in [0.29, 0.717) is 19.6 Å². The normalized spacial score (nSPS) is 10.9. The number of nitrogens with zero attached hydrogens (tertiary/aromatic N) is 2. The lowest BCUT2D eigenvalue weighted by Gasteiger charge is -2.23. The molecule has 0 aliphatic rings. The quantitative estimate of drug-likeness (QED) is 0.825. The summed E-state index contributed by atoms with van der Waals surface area (Å²) in [5, 5.41) is 0. The van der Waals surface area contributed by atoms with E-state index in [4.69, 9.17) is 5.73 Å². The van der Waals surface area contributed by atoms with Gasteiger partial charge in [-0.05, 0) is 36.2 Å². The van der Waals surface area contributed by atoms with Gasteiger partial charge in [-0.25, -0.2) is 4.39 Å².